The van der Waals surface area contributed by atoms with Gasteiger partial charge in [-0.2, -0.15) is 0 Å². The number of aliphatic hydroxyl groups excluding tert-OH is 17. The Labute approximate surface area is 381 Å². The van der Waals surface area contributed by atoms with E-state index in [1.54, 1.807) is 0 Å². The van der Waals surface area contributed by atoms with Crippen molar-refractivity contribution in [2.45, 2.75) is 184 Å². The van der Waals surface area contributed by atoms with Crippen molar-refractivity contribution < 1.29 is 144 Å². The van der Waals surface area contributed by atoms with Crippen molar-refractivity contribution in [1.82, 2.24) is 0 Å². The molecule has 30 heteroatoms. The van der Waals surface area contributed by atoms with Crippen molar-refractivity contribution >= 4 is 15.9 Å². The van der Waals surface area contributed by atoms with Crippen LogP contribution in [0.15, 0.2) is 0 Å². The van der Waals surface area contributed by atoms with Gasteiger partial charge < -0.3 is 144 Å². The summed E-state index contributed by atoms with van der Waals surface area (Å²) in [5.41, 5.74) is 0. The molecule has 22 aliphatic rings. The first kappa shape index (κ1) is 53.1. The molecule has 0 aromatic carbocycles. The van der Waals surface area contributed by atoms with E-state index in [9.17, 15) is 86.8 Å². The summed E-state index contributed by atoms with van der Waals surface area (Å²) in [6, 6.07) is 0. The van der Waals surface area contributed by atoms with Gasteiger partial charge in [-0.15, -0.1) is 0 Å². The smallest absolute Gasteiger partial charge is 0.187 e. The fourth-order valence-electron chi connectivity index (χ4n) is 8.91. The van der Waals surface area contributed by atoms with Crippen LogP contribution < -0.4 is 0 Å². The molecule has 12 bridgehead atoms. The summed E-state index contributed by atoms with van der Waals surface area (Å²) in [5, 5.41) is 186. The van der Waals surface area contributed by atoms with Crippen LogP contribution in [-0.2, 0) is 56.8 Å². The molecule has 0 radical (unpaired) electrons. The topological polar surface area (TPSA) is 455 Å². The van der Waals surface area contributed by atoms with E-state index in [1.807, 2.05) is 0 Å². The molecule has 0 aliphatic carbocycles. The van der Waals surface area contributed by atoms with E-state index < -0.39 is 217 Å². The van der Waals surface area contributed by atoms with Crippen molar-refractivity contribution in [3.63, 3.8) is 0 Å². The minimum Gasteiger partial charge on any atom is -0.394 e. The highest BCUT2D eigenvalue weighted by atomic mass is 79.9. The molecule has 29 nitrogen and oxygen atoms in total. The Morgan fingerprint density at radius 1 is 0.227 bits per heavy atom. The second-order valence-corrected chi connectivity index (χ2v) is 17.5. The first-order valence-corrected chi connectivity index (χ1v) is 22.2. The Morgan fingerprint density at radius 2 is 0.379 bits per heavy atom. The minimum atomic E-state index is -2.14. The Morgan fingerprint density at radius 3 is 0.530 bits per heavy atom. The average Bonchev–Trinajstić information content (AvgIpc) is 3.31. The Balaban J connectivity index is 1.19. The molecule has 17 N–H and O–H groups in total. The second-order valence-electron chi connectivity index (χ2n) is 16.8. The van der Waals surface area contributed by atoms with Gasteiger partial charge in [0.1, 0.15) is 140 Å². The lowest BCUT2D eigenvalue weighted by Gasteiger charge is -2.50. The first-order valence-electron chi connectivity index (χ1n) is 21.1. The molecule has 22 saturated heterocycles. The number of ether oxygens (including phenoxy) is 12. The lowest BCUT2D eigenvalue weighted by molar-refractivity contribution is -0.402. The van der Waals surface area contributed by atoms with Crippen molar-refractivity contribution in [2.75, 3.05) is 38.4 Å². The zero-order valence-electron chi connectivity index (χ0n) is 34.4. The highest BCUT2D eigenvalue weighted by Crippen LogP contribution is 2.38. The lowest BCUT2D eigenvalue weighted by Crippen LogP contribution is -2.69. The summed E-state index contributed by atoms with van der Waals surface area (Å²) in [5.74, 6) is 0. The number of halogens is 1. The van der Waals surface area contributed by atoms with Crippen LogP contribution in [0.4, 0.5) is 0 Å². The number of hydrogen-bond donors (Lipinski definition) is 17. The molecule has 66 heavy (non-hydrogen) atoms. The van der Waals surface area contributed by atoms with Crippen molar-refractivity contribution in [3.05, 3.63) is 0 Å². The largest absolute Gasteiger partial charge is 0.394 e. The molecule has 384 valence electrons. The fraction of sp³-hybridized carbons (Fsp3) is 1.00. The van der Waals surface area contributed by atoms with Crippen LogP contribution in [0.2, 0.25) is 0 Å². The van der Waals surface area contributed by atoms with Crippen LogP contribution in [0.25, 0.3) is 0 Å². The normalized spacial score (nSPS) is 55.4. The van der Waals surface area contributed by atoms with Gasteiger partial charge in [0.15, 0.2) is 37.7 Å². The van der Waals surface area contributed by atoms with Crippen molar-refractivity contribution in [2.24, 2.45) is 0 Å². The van der Waals surface area contributed by atoms with Gasteiger partial charge in [0.05, 0.1) is 39.1 Å². The predicted molar refractivity (Wildman–Crippen MR) is 203 cm³/mol. The third-order valence-corrected chi connectivity index (χ3v) is 13.3. The third kappa shape index (κ3) is 10.2. The second kappa shape index (κ2) is 22.4. The molecule has 0 saturated carbocycles. The van der Waals surface area contributed by atoms with Crippen LogP contribution in [0.5, 0.6) is 0 Å². The van der Waals surface area contributed by atoms with E-state index in [4.69, 9.17) is 56.8 Å². The minimum absolute atomic E-state index is 0.186. The van der Waals surface area contributed by atoms with Gasteiger partial charge in [-0.1, -0.05) is 15.9 Å². The van der Waals surface area contributed by atoms with Gasteiger partial charge in [0.2, 0.25) is 0 Å². The molecule has 22 heterocycles. The summed E-state index contributed by atoms with van der Waals surface area (Å²) in [4.78, 5) is 0. The Bertz CT molecular complexity index is 1240. The summed E-state index contributed by atoms with van der Waals surface area (Å²) in [7, 11) is 0. The molecule has 0 unspecified atom stereocenters. The van der Waals surface area contributed by atoms with Gasteiger partial charge in [0.25, 0.3) is 0 Å². The molecule has 0 amide bonds. The number of alkyl halides is 1. The lowest BCUT2D eigenvalue weighted by atomic mass is 9.95. The van der Waals surface area contributed by atoms with Gasteiger partial charge >= 0.3 is 0 Å². The summed E-state index contributed by atoms with van der Waals surface area (Å²) in [6.07, 6.45) is -56.8. The van der Waals surface area contributed by atoms with E-state index >= 15 is 0 Å². The van der Waals surface area contributed by atoms with Gasteiger partial charge in [0, 0.05) is 5.33 Å². The molecule has 22 aliphatic heterocycles. The van der Waals surface area contributed by atoms with Crippen molar-refractivity contribution in [1.29, 1.82) is 0 Å². The highest BCUT2D eigenvalue weighted by molar-refractivity contribution is 9.09. The van der Waals surface area contributed by atoms with Crippen LogP contribution in [-0.4, -0.2) is 309 Å². The summed E-state index contributed by atoms with van der Waals surface area (Å²) in [6.45, 7) is -4.87. The molecular formula is C36H59BrO29. The molecule has 22 rings (SSSR count). The van der Waals surface area contributed by atoms with E-state index in [-0.39, 0.29) is 5.33 Å². The van der Waals surface area contributed by atoms with Crippen molar-refractivity contribution in [3.8, 4) is 0 Å². The van der Waals surface area contributed by atoms with E-state index in [0.717, 1.165) is 0 Å². The maximum Gasteiger partial charge on any atom is 0.187 e. The van der Waals surface area contributed by atoms with E-state index in [2.05, 4.69) is 15.9 Å². The maximum absolute atomic E-state index is 11.3. The number of aliphatic hydroxyl groups is 17. The molecule has 0 aromatic heterocycles. The zero-order chi connectivity index (χ0) is 48.0. The van der Waals surface area contributed by atoms with Gasteiger partial charge in [-0.25, -0.2) is 0 Å². The standard InChI is InChI=1S/C36H59BrO29/c37-1-7-25-13(43)19(49)31(55-7)62-26-8(2-38)57-33(21(51)15(26)45)64-28-10(4-40)59-35(23(53)17(28)47)66-30-12(6-42)60-36(24(54)18(30)48)65-29-11(5-41)58-34(22(52)16(29)46)63-27-9(3-39)56-32(61-25)20(50)14(27)44/h7-36,38-54H,1-6H2/t7-,8-,9-,10-,11-,12-,13-,14-,15-,16-,17-,18-,19-,20-,21-,22-,23-,24-,25-,26-,27-,28-,29-,30-,31-,32-,33-,34-,35-,36-/m1/s1. The molecular weight excluding hydrogens is 976 g/mol. The fourth-order valence-corrected chi connectivity index (χ4v) is 9.43. The quantitative estimate of drug-likeness (QED) is 0.110. The third-order valence-electron chi connectivity index (χ3n) is 12.6. The monoisotopic (exact) mass is 1030 g/mol. The zero-order valence-corrected chi connectivity index (χ0v) is 36.0. The number of rotatable bonds is 6. The molecule has 0 aromatic rings. The van der Waals surface area contributed by atoms with Crippen LogP contribution >= 0.6 is 15.9 Å². The maximum atomic E-state index is 11.3. The SMILES string of the molecule is OC[C@H]1O[C@@H]2O[C@H]3[C@H](O)[C@@H](O)[C@@H](O[C@H]4[C@H](O)[C@@H](O)[C@@H](O[C@H]5[C@H](O)[C@@H](O)[C@@H](O[C@H]6[C@H](O)[C@@H](O)[C@@H](O[C@H]7[C@H](O)[C@@H](O)[C@@H](O[C@H]1[C@H](O)[C@H]2O)O[C@@H]7CO)O[C@@H]6CO)O[C@@H]5CBr)O[C@@H]4CO)O[C@@H]3CO. The first-order chi connectivity index (χ1) is 31.4. The Hall–Kier alpha value is -0.680. The predicted octanol–water partition coefficient (Wildman–Crippen LogP) is -11.7. The number of hydrogen-bond acceptors (Lipinski definition) is 29. The Kier molecular flexibility index (Phi) is 18.0. The van der Waals surface area contributed by atoms with E-state index in [1.165, 1.54) is 0 Å². The van der Waals surface area contributed by atoms with Crippen LogP contribution in [0.1, 0.15) is 0 Å². The average molecular weight is 1040 g/mol. The van der Waals surface area contributed by atoms with Gasteiger partial charge in [-0.05, 0) is 0 Å². The summed E-state index contributed by atoms with van der Waals surface area (Å²) >= 11 is 3.19. The highest BCUT2D eigenvalue weighted by Gasteiger charge is 2.58. The van der Waals surface area contributed by atoms with Crippen LogP contribution in [0, 0.1) is 0 Å². The van der Waals surface area contributed by atoms with E-state index in [0.29, 0.717) is 0 Å². The molecule has 30 atom stereocenters. The van der Waals surface area contributed by atoms with Gasteiger partial charge in [-0.3, -0.25) is 0 Å². The molecule has 0 spiro atoms. The molecule has 22 fully saturated rings. The summed E-state index contributed by atoms with van der Waals surface area (Å²) < 4.78 is 68.5. The van der Waals surface area contributed by atoms with Crippen LogP contribution in [0.3, 0.4) is 0 Å².